The summed E-state index contributed by atoms with van der Waals surface area (Å²) in [6.07, 6.45) is 5.37. The molecule has 1 N–H and O–H groups in total. The van der Waals surface area contributed by atoms with E-state index in [0.717, 1.165) is 46.5 Å². The molecule has 0 aliphatic carbocycles. The zero-order chi connectivity index (χ0) is 17.5. The number of nitrogens with zero attached hydrogens (tertiary/aromatic N) is 2. The summed E-state index contributed by atoms with van der Waals surface area (Å²) in [6.45, 7) is 4.63. The van der Waals surface area contributed by atoms with Gasteiger partial charge in [-0.1, -0.05) is 24.3 Å². The number of aromatic nitrogens is 2. The summed E-state index contributed by atoms with van der Waals surface area (Å²) in [5.41, 5.74) is 5.29. The van der Waals surface area contributed by atoms with Gasteiger partial charge in [-0.15, -0.1) is 0 Å². The van der Waals surface area contributed by atoms with Crippen molar-refractivity contribution in [2.75, 3.05) is 13.1 Å². The summed E-state index contributed by atoms with van der Waals surface area (Å²) in [5, 5.41) is 1.17. The molecule has 1 aliphatic rings. The lowest BCUT2D eigenvalue weighted by Gasteiger charge is -2.19. The molecule has 5 rings (SSSR count). The maximum atomic E-state index is 6.16. The lowest BCUT2D eigenvalue weighted by molar-refractivity contribution is 0.266. The number of para-hydroxylation sites is 1. The molecular formula is C22H23N3O. The molecule has 0 bridgehead atoms. The maximum Gasteiger partial charge on any atom is 0.134 e. The summed E-state index contributed by atoms with van der Waals surface area (Å²) < 4.78 is 6.16. The van der Waals surface area contributed by atoms with E-state index in [1.54, 1.807) is 6.33 Å². The van der Waals surface area contributed by atoms with Crippen LogP contribution in [0.25, 0.3) is 33.1 Å². The second-order valence-corrected chi connectivity index (χ2v) is 7.35. The van der Waals surface area contributed by atoms with Crippen LogP contribution in [-0.4, -0.2) is 34.0 Å². The van der Waals surface area contributed by atoms with E-state index in [-0.39, 0.29) is 0 Å². The standard InChI is InChI=1S/C22H23N3O/c1-15-4-3-10-25(15)11-9-18-12-17-8-7-16(13-21(17)26-18)19-5-2-6-20-22(19)24-14-23-20/h2,5-8,12-15H,3-4,9-11H2,1H3,(H,23,24)/t15-/m1/s1. The first kappa shape index (κ1) is 15.6. The van der Waals surface area contributed by atoms with Gasteiger partial charge in [-0.05, 0) is 50.1 Å². The number of aromatic amines is 1. The van der Waals surface area contributed by atoms with Crippen molar-refractivity contribution in [3.63, 3.8) is 0 Å². The zero-order valence-electron chi connectivity index (χ0n) is 15.0. The van der Waals surface area contributed by atoms with E-state index in [0.29, 0.717) is 6.04 Å². The molecule has 0 saturated carbocycles. The summed E-state index contributed by atoms with van der Waals surface area (Å²) in [7, 11) is 0. The van der Waals surface area contributed by atoms with Gasteiger partial charge < -0.3 is 14.3 Å². The van der Waals surface area contributed by atoms with Gasteiger partial charge in [0.1, 0.15) is 11.3 Å². The van der Waals surface area contributed by atoms with Crippen LogP contribution in [0.2, 0.25) is 0 Å². The Hall–Kier alpha value is -2.59. The highest BCUT2D eigenvalue weighted by molar-refractivity contribution is 5.94. The van der Waals surface area contributed by atoms with E-state index in [1.165, 1.54) is 24.8 Å². The second kappa shape index (κ2) is 6.29. The second-order valence-electron chi connectivity index (χ2n) is 7.35. The molecule has 1 atom stereocenters. The van der Waals surface area contributed by atoms with Gasteiger partial charge in [0.2, 0.25) is 0 Å². The average molecular weight is 345 g/mol. The van der Waals surface area contributed by atoms with Crippen LogP contribution < -0.4 is 0 Å². The maximum absolute atomic E-state index is 6.16. The summed E-state index contributed by atoms with van der Waals surface area (Å²) in [6, 6.07) is 15.6. The Morgan fingerprint density at radius 2 is 2.19 bits per heavy atom. The quantitative estimate of drug-likeness (QED) is 0.566. The Kier molecular flexibility index (Phi) is 3.79. The molecule has 132 valence electrons. The van der Waals surface area contributed by atoms with E-state index in [9.17, 15) is 0 Å². The largest absolute Gasteiger partial charge is 0.461 e. The number of fused-ring (bicyclic) bond motifs is 2. The number of H-pyrrole nitrogens is 1. The van der Waals surface area contributed by atoms with Gasteiger partial charge in [0.15, 0.2) is 0 Å². The van der Waals surface area contributed by atoms with Crippen LogP contribution in [0.1, 0.15) is 25.5 Å². The smallest absolute Gasteiger partial charge is 0.134 e. The first-order chi connectivity index (χ1) is 12.8. The Morgan fingerprint density at radius 3 is 3.08 bits per heavy atom. The van der Waals surface area contributed by atoms with Gasteiger partial charge in [-0.25, -0.2) is 4.98 Å². The van der Waals surface area contributed by atoms with Gasteiger partial charge in [0, 0.05) is 30.0 Å². The lowest BCUT2D eigenvalue weighted by atomic mass is 10.0. The summed E-state index contributed by atoms with van der Waals surface area (Å²) >= 11 is 0. The predicted molar refractivity (Wildman–Crippen MR) is 105 cm³/mol. The summed E-state index contributed by atoms with van der Waals surface area (Å²) in [5.74, 6) is 1.08. The molecule has 1 saturated heterocycles. The number of likely N-dealkylation sites (tertiary alicyclic amines) is 1. The number of imidazole rings is 1. The minimum Gasteiger partial charge on any atom is -0.461 e. The fourth-order valence-corrected chi connectivity index (χ4v) is 4.15. The van der Waals surface area contributed by atoms with Crippen molar-refractivity contribution in [3.05, 3.63) is 54.6 Å². The van der Waals surface area contributed by atoms with Crippen molar-refractivity contribution in [2.45, 2.75) is 32.2 Å². The third kappa shape index (κ3) is 2.71. The third-order valence-electron chi connectivity index (χ3n) is 5.67. The first-order valence-electron chi connectivity index (χ1n) is 9.47. The van der Waals surface area contributed by atoms with Crippen LogP contribution in [0, 0.1) is 0 Å². The molecule has 26 heavy (non-hydrogen) atoms. The SMILES string of the molecule is C[C@@H]1CCCN1CCc1cc2ccc(-c3cccc4[nH]cnc34)cc2o1. The fraction of sp³-hybridized carbons (Fsp3) is 0.318. The predicted octanol–water partition coefficient (Wildman–Crippen LogP) is 5.00. The molecule has 1 fully saturated rings. The molecule has 3 heterocycles. The number of nitrogens with one attached hydrogen (secondary N) is 1. The van der Waals surface area contributed by atoms with Crippen molar-refractivity contribution < 1.29 is 4.42 Å². The molecule has 0 spiro atoms. The van der Waals surface area contributed by atoms with E-state index in [1.807, 2.05) is 0 Å². The summed E-state index contributed by atoms with van der Waals surface area (Å²) in [4.78, 5) is 10.2. The number of benzene rings is 2. The van der Waals surface area contributed by atoms with Gasteiger partial charge in [-0.3, -0.25) is 0 Å². The number of hydrogen-bond donors (Lipinski definition) is 1. The van der Waals surface area contributed by atoms with Crippen molar-refractivity contribution in [1.82, 2.24) is 14.9 Å². The van der Waals surface area contributed by atoms with E-state index < -0.39 is 0 Å². The van der Waals surface area contributed by atoms with Crippen molar-refractivity contribution in [1.29, 1.82) is 0 Å². The molecule has 0 amide bonds. The van der Waals surface area contributed by atoms with Gasteiger partial charge in [0.05, 0.1) is 17.4 Å². The van der Waals surface area contributed by atoms with Crippen LogP contribution in [0.5, 0.6) is 0 Å². The number of hydrogen-bond acceptors (Lipinski definition) is 3. The molecule has 0 unspecified atom stereocenters. The van der Waals surface area contributed by atoms with Crippen LogP contribution in [-0.2, 0) is 6.42 Å². The molecule has 4 heteroatoms. The van der Waals surface area contributed by atoms with Gasteiger partial charge >= 0.3 is 0 Å². The highest BCUT2D eigenvalue weighted by atomic mass is 16.3. The molecule has 4 nitrogen and oxygen atoms in total. The first-order valence-corrected chi connectivity index (χ1v) is 9.47. The molecule has 2 aromatic carbocycles. The molecule has 4 aromatic rings. The van der Waals surface area contributed by atoms with Gasteiger partial charge in [0.25, 0.3) is 0 Å². The Balaban J connectivity index is 1.44. The van der Waals surface area contributed by atoms with Crippen LogP contribution >= 0.6 is 0 Å². The van der Waals surface area contributed by atoms with E-state index in [4.69, 9.17) is 4.42 Å². The Labute approximate surface area is 152 Å². The molecular weight excluding hydrogens is 322 g/mol. The fourth-order valence-electron chi connectivity index (χ4n) is 4.15. The highest BCUT2D eigenvalue weighted by Crippen LogP contribution is 2.30. The van der Waals surface area contributed by atoms with Gasteiger partial charge in [-0.2, -0.15) is 0 Å². The Morgan fingerprint density at radius 1 is 1.23 bits per heavy atom. The molecule has 0 radical (unpaired) electrons. The molecule has 2 aromatic heterocycles. The topological polar surface area (TPSA) is 45.1 Å². The third-order valence-corrected chi connectivity index (χ3v) is 5.67. The monoisotopic (exact) mass is 345 g/mol. The normalized spacial score (nSPS) is 18.3. The zero-order valence-corrected chi connectivity index (χ0v) is 15.0. The minimum absolute atomic E-state index is 0.709. The van der Waals surface area contributed by atoms with Crippen LogP contribution in [0.4, 0.5) is 0 Å². The Bertz CT molecular complexity index is 1060. The number of furan rings is 1. The van der Waals surface area contributed by atoms with Crippen LogP contribution in [0.15, 0.2) is 53.2 Å². The minimum atomic E-state index is 0.709. The van der Waals surface area contributed by atoms with E-state index in [2.05, 4.69) is 64.3 Å². The van der Waals surface area contributed by atoms with E-state index >= 15 is 0 Å². The van der Waals surface area contributed by atoms with Crippen molar-refractivity contribution in [2.24, 2.45) is 0 Å². The lowest BCUT2D eigenvalue weighted by Crippen LogP contribution is -2.28. The number of rotatable bonds is 4. The van der Waals surface area contributed by atoms with Crippen molar-refractivity contribution in [3.8, 4) is 11.1 Å². The molecule has 1 aliphatic heterocycles. The van der Waals surface area contributed by atoms with Crippen LogP contribution in [0.3, 0.4) is 0 Å². The highest BCUT2D eigenvalue weighted by Gasteiger charge is 2.20. The average Bonchev–Trinajstić information content (AvgIpc) is 3.38. The van der Waals surface area contributed by atoms with Crippen molar-refractivity contribution >= 4 is 22.0 Å².